The number of benzene rings is 1. The molecule has 0 aliphatic rings. The zero-order valence-electron chi connectivity index (χ0n) is 9.34. The highest BCUT2D eigenvalue weighted by Gasteiger charge is 1.98. The van der Waals surface area contributed by atoms with E-state index >= 15 is 0 Å². The molecule has 1 heterocycles. The molecule has 17 heavy (non-hydrogen) atoms. The summed E-state index contributed by atoms with van der Waals surface area (Å²) >= 11 is 0. The highest BCUT2D eigenvalue weighted by Crippen LogP contribution is 2.20. The van der Waals surface area contributed by atoms with Gasteiger partial charge in [-0.3, -0.25) is 0 Å². The highest BCUT2D eigenvalue weighted by molar-refractivity contribution is 5.60. The molecule has 1 aromatic carbocycles. The molecule has 0 saturated carbocycles. The molecule has 4 nitrogen and oxygen atoms in total. The lowest BCUT2D eigenvalue weighted by Gasteiger charge is -2.07. The Morgan fingerprint density at radius 1 is 1.24 bits per heavy atom. The average Bonchev–Trinajstić information content (AvgIpc) is 2.40. The fourth-order valence-corrected chi connectivity index (χ4v) is 1.40. The van der Waals surface area contributed by atoms with E-state index in [4.69, 9.17) is 10.00 Å². The molecule has 4 heteroatoms. The lowest BCUT2D eigenvalue weighted by molar-refractivity contribution is 0.415. The van der Waals surface area contributed by atoms with Crippen LogP contribution in [0.25, 0.3) is 0 Å². The number of aromatic nitrogens is 1. The molecule has 0 fully saturated rings. The smallest absolute Gasteiger partial charge is 0.140 e. The Morgan fingerprint density at radius 3 is 2.76 bits per heavy atom. The van der Waals surface area contributed by atoms with Gasteiger partial charge in [0.25, 0.3) is 0 Å². The minimum Gasteiger partial charge on any atom is -0.497 e. The van der Waals surface area contributed by atoms with Crippen molar-refractivity contribution in [3.8, 4) is 11.8 Å². The van der Waals surface area contributed by atoms with Crippen LogP contribution in [0, 0.1) is 11.3 Å². The first-order chi connectivity index (χ1) is 8.31. The molecule has 1 aromatic heterocycles. The van der Waals surface area contributed by atoms with Crippen LogP contribution in [-0.4, -0.2) is 12.1 Å². The number of nitriles is 1. The molecular formula is C13H11N3O. The SMILES string of the molecule is COc1cccc(Nc2ccc(C#N)nc2)c1. The van der Waals surface area contributed by atoms with Gasteiger partial charge < -0.3 is 10.1 Å². The second-order valence-electron chi connectivity index (χ2n) is 3.40. The Morgan fingerprint density at radius 2 is 2.12 bits per heavy atom. The second-order valence-corrected chi connectivity index (χ2v) is 3.40. The van der Waals surface area contributed by atoms with Crippen LogP contribution in [0.1, 0.15) is 5.69 Å². The molecule has 2 aromatic rings. The Bertz CT molecular complexity index is 543. The van der Waals surface area contributed by atoms with Crippen molar-refractivity contribution in [2.24, 2.45) is 0 Å². The minimum absolute atomic E-state index is 0.404. The number of hydrogen-bond donors (Lipinski definition) is 1. The molecule has 0 aliphatic heterocycles. The first-order valence-corrected chi connectivity index (χ1v) is 5.09. The van der Waals surface area contributed by atoms with Crippen LogP contribution in [0.15, 0.2) is 42.6 Å². The topological polar surface area (TPSA) is 57.9 Å². The van der Waals surface area contributed by atoms with Crippen LogP contribution in [0.5, 0.6) is 5.75 Å². The summed E-state index contributed by atoms with van der Waals surface area (Å²) in [5.41, 5.74) is 2.15. The standard InChI is InChI=1S/C13H11N3O/c1-17-13-4-2-3-10(7-13)16-12-6-5-11(8-14)15-9-12/h2-7,9,16H,1H3. The van der Waals surface area contributed by atoms with Crippen molar-refractivity contribution in [1.82, 2.24) is 4.98 Å². The van der Waals surface area contributed by atoms with Gasteiger partial charge in [0, 0.05) is 11.8 Å². The quantitative estimate of drug-likeness (QED) is 0.872. The van der Waals surface area contributed by atoms with Crippen molar-refractivity contribution >= 4 is 11.4 Å². The Hall–Kier alpha value is -2.54. The van der Waals surface area contributed by atoms with Crippen LogP contribution in [0.3, 0.4) is 0 Å². The lowest BCUT2D eigenvalue weighted by Crippen LogP contribution is -1.92. The molecule has 0 spiro atoms. The van der Waals surface area contributed by atoms with Gasteiger partial charge in [-0.15, -0.1) is 0 Å². The van der Waals surface area contributed by atoms with Gasteiger partial charge in [-0.2, -0.15) is 5.26 Å². The van der Waals surface area contributed by atoms with E-state index in [1.54, 1.807) is 19.4 Å². The summed E-state index contributed by atoms with van der Waals surface area (Å²) in [6.45, 7) is 0. The summed E-state index contributed by atoms with van der Waals surface area (Å²) < 4.78 is 5.13. The number of ether oxygens (including phenoxy) is 1. The van der Waals surface area contributed by atoms with Gasteiger partial charge in [-0.1, -0.05) is 6.07 Å². The van der Waals surface area contributed by atoms with E-state index in [2.05, 4.69) is 10.3 Å². The molecular weight excluding hydrogens is 214 g/mol. The first-order valence-electron chi connectivity index (χ1n) is 5.09. The van der Waals surface area contributed by atoms with E-state index in [9.17, 15) is 0 Å². The maximum atomic E-state index is 8.64. The molecule has 2 rings (SSSR count). The molecule has 0 amide bonds. The van der Waals surface area contributed by atoms with Crippen molar-refractivity contribution in [3.05, 3.63) is 48.3 Å². The summed E-state index contributed by atoms with van der Waals surface area (Å²) in [6, 6.07) is 13.1. The second kappa shape index (κ2) is 4.99. The van der Waals surface area contributed by atoms with Gasteiger partial charge in [-0.05, 0) is 24.3 Å². The fraction of sp³-hybridized carbons (Fsp3) is 0.0769. The van der Waals surface area contributed by atoms with Crippen LogP contribution in [0.4, 0.5) is 11.4 Å². The summed E-state index contributed by atoms with van der Waals surface area (Å²) in [6.07, 6.45) is 1.62. The molecule has 0 unspecified atom stereocenters. The summed E-state index contributed by atoms with van der Waals surface area (Å²) in [5.74, 6) is 0.789. The number of nitrogens with one attached hydrogen (secondary N) is 1. The number of hydrogen-bond acceptors (Lipinski definition) is 4. The van der Waals surface area contributed by atoms with E-state index in [1.165, 1.54) is 0 Å². The number of methoxy groups -OCH3 is 1. The number of anilines is 2. The average molecular weight is 225 g/mol. The van der Waals surface area contributed by atoms with E-state index in [0.29, 0.717) is 5.69 Å². The summed E-state index contributed by atoms with van der Waals surface area (Å²) in [4.78, 5) is 3.98. The maximum Gasteiger partial charge on any atom is 0.140 e. The van der Waals surface area contributed by atoms with Gasteiger partial charge in [0.05, 0.1) is 19.0 Å². The molecule has 1 N–H and O–H groups in total. The van der Waals surface area contributed by atoms with E-state index in [-0.39, 0.29) is 0 Å². The Kier molecular flexibility index (Phi) is 3.22. The Labute approximate surface area is 99.5 Å². The van der Waals surface area contributed by atoms with Gasteiger partial charge in [0.15, 0.2) is 0 Å². The molecule has 0 radical (unpaired) electrons. The molecule has 84 valence electrons. The zero-order chi connectivity index (χ0) is 12.1. The molecule has 0 atom stereocenters. The van der Waals surface area contributed by atoms with Crippen LogP contribution in [-0.2, 0) is 0 Å². The zero-order valence-corrected chi connectivity index (χ0v) is 9.34. The fourth-order valence-electron chi connectivity index (χ4n) is 1.40. The van der Waals surface area contributed by atoms with Crippen molar-refractivity contribution in [2.75, 3.05) is 12.4 Å². The Balaban J connectivity index is 2.16. The predicted octanol–water partition coefficient (Wildman–Crippen LogP) is 2.71. The normalized spacial score (nSPS) is 9.41. The monoisotopic (exact) mass is 225 g/mol. The van der Waals surface area contributed by atoms with Crippen LogP contribution in [0.2, 0.25) is 0 Å². The molecule has 0 bridgehead atoms. The van der Waals surface area contributed by atoms with E-state index in [0.717, 1.165) is 17.1 Å². The summed E-state index contributed by atoms with van der Waals surface area (Å²) in [5, 5.41) is 11.8. The van der Waals surface area contributed by atoms with Crippen molar-refractivity contribution in [3.63, 3.8) is 0 Å². The lowest BCUT2D eigenvalue weighted by atomic mass is 10.3. The summed E-state index contributed by atoms with van der Waals surface area (Å²) in [7, 11) is 1.63. The third kappa shape index (κ3) is 2.73. The van der Waals surface area contributed by atoms with E-state index < -0.39 is 0 Å². The van der Waals surface area contributed by atoms with Crippen molar-refractivity contribution < 1.29 is 4.74 Å². The largest absolute Gasteiger partial charge is 0.497 e. The van der Waals surface area contributed by atoms with Gasteiger partial charge in [-0.25, -0.2) is 4.98 Å². The van der Waals surface area contributed by atoms with Crippen molar-refractivity contribution in [1.29, 1.82) is 5.26 Å². The number of nitrogens with zero attached hydrogens (tertiary/aromatic N) is 2. The highest BCUT2D eigenvalue weighted by atomic mass is 16.5. The van der Waals surface area contributed by atoms with Crippen LogP contribution < -0.4 is 10.1 Å². The number of rotatable bonds is 3. The molecule has 0 saturated heterocycles. The van der Waals surface area contributed by atoms with Gasteiger partial charge in [0.1, 0.15) is 17.5 Å². The van der Waals surface area contributed by atoms with E-state index in [1.807, 2.05) is 36.4 Å². The predicted molar refractivity (Wildman–Crippen MR) is 65.2 cm³/mol. The minimum atomic E-state index is 0.404. The van der Waals surface area contributed by atoms with Crippen molar-refractivity contribution in [2.45, 2.75) is 0 Å². The molecule has 0 aliphatic carbocycles. The number of pyridine rings is 1. The van der Waals surface area contributed by atoms with Gasteiger partial charge in [0.2, 0.25) is 0 Å². The first kappa shape index (κ1) is 11.0. The third-order valence-electron chi connectivity index (χ3n) is 2.24. The third-order valence-corrected chi connectivity index (χ3v) is 2.24. The van der Waals surface area contributed by atoms with Crippen LogP contribution >= 0.6 is 0 Å². The maximum absolute atomic E-state index is 8.64. The van der Waals surface area contributed by atoms with Gasteiger partial charge >= 0.3 is 0 Å².